The summed E-state index contributed by atoms with van der Waals surface area (Å²) in [4.78, 5) is 34.1. The molecule has 2 heterocycles. The number of pyridine rings is 1. The Bertz CT molecular complexity index is 1820. The highest BCUT2D eigenvalue weighted by Gasteiger charge is 2.45. The van der Waals surface area contributed by atoms with Crippen LogP contribution in [0.25, 0.3) is 0 Å². The molecular weight excluding hydrogens is 564 g/mol. The van der Waals surface area contributed by atoms with E-state index in [0.717, 1.165) is 0 Å². The van der Waals surface area contributed by atoms with Gasteiger partial charge in [-0.3, -0.25) is 14.5 Å². The van der Waals surface area contributed by atoms with E-state index >= 15 is 4.39 Å². The Morgan fingerprint density at radius 1 is 1.05 bits per heavy atom. The predicted octanol–water partition coefficient (Wildman–Crippen LogP) is 7.41. The highest BCUT2D eigenvalue weighted by molar-refractivity contribution is 6.11. The molecule has 9 heteroatoms. The van der Waals surface area contributed by atoms with Gasteiger partial charge in [0.2, 0.25) is 0 Å². The van der Waals surface area contributed by atoms with Gasteiger partial charge in [-0.2, -0.15) is 0 Å². The van der Waals surface area contributed by atoms with Gasteiger partial charge in [0.1, 0.15) is 41.1 Å². The number of fused-ring (bicyclic) bond motifs is 1. The van der Waals surface area contributed by atoms with E-state index in [9.17, 15) is 19.1 Å². The summed E-state index contributed by atoms with van der Waals surface area (Å²) >= 11 is 0. The first-order chi connectivity index (χ1) is 21.0. The van der Waals surface area contributed by atoms with Gasteiger partial charge in [0.05, 0.1) is 11.7 Å². The zero-order chi connectivity index (χ0) is 31.2. The summed E-state index contributed by atoms with van der Waals surface area (Å²) in [6.07, 6.45) is 0.626. The maximum atomic E-state index is 16.3. The fraction of sp³-hybridized carbons (Fsp3) is 0.229. The second-order valence-corrected chi connectivity index (χ2v) is 12.0. The molecule has 1 aromatic heterocycles. The second-order valence-electron chi connectivity index (χ2n) is 12.0. The van der Waals surface area contributed by atoms with Gasteiger partial charge >= 0.3 is 0 Å². The summed E-state index contributed by atoms with van der Waals surface area (Å²) in [6.45, 7) is 5.78. The fourth-order valence-electron chi connectivity index (χ4n) is 5.91. The van der Waals surface area contributed by atoms with Crippen LogP contribution in [0.1, 0.15) is 60.0 Å². The van der Waals surface area contributed by atoms with Gasteiger partial charge in [0.15, 0.2) is 5.78 Å². The lowest BCUT2D eigenvalue weighted by Crippen LogP contribution is -2.40. The lowest BCUT2D eigenvalue weighted by atomic mass is 9.73. The molecular formula is C35H31F2N3O4. The number of anilines is 2. The zero-order valence-electron chi connectivity index (χ0n) is 24.5. The van der Waals surface area contributed by atoms with Crippen LogP contribution in [0, 0.1) is 24.0 Å². The molecule has 1 amide bonds. The van der Waals surface area contributed by atoms with Crippen LogP contribution < -0.4 is 15.0 Å². The number of Topliss-reactive ketones (excluding diaryl/α,β-unsaturated/α-hetero) is 1. The number of allylic oxidation sites excluding steroid dienone is 1. The van der Waals surface area contributed by atoms with Crippen LogP contribution in [-0.4, -0.2) is 21.8 Å². The number of ether oxygens (including phenoxy) is 1. The number of nitrogens with zero attached hydrogens (tertiary/aromatic N) is 2. The molecule has 44 heavy (non-hydrogen) atoms. The van der Waals surface area contributed by atoms with Gasteiger partial charge in [-0.25, -0.2) is 13.8 Å². The predicted molar refractivity (Wildman–Crippen MR) is 162 cm³/mol. The third-order valence-electron chi connectivity index (χ3n) is 7.92. The smallest absolute Gasteiger partial charge is 0.277 e. The number of hydrogen-bond acceptors (Lipinski definition) is 6. The highest BCUT2D eigenvalue weighted by Crippen LogP contribution is 2.51. The number of benzene rings is 3. The molecule has 3 aromatic carbocycles. The molecule has 0 spiro atoms. The standard InChI is InChI=1S/C35H31F2N3O4/c1-20-6-4-7-26(38-20)34(43)40-28-8-5-9-29(41)32(28)39-27-17-35(2,3)18-30(42)31(27)33(40)24-15-14-23(16-25(24)37)44-19-21-10-12-22(36)13-11-21/h4-16,33,39,41H,17-19H2,1-3H3. The van der Waals surface area contributed by atoms with Crippen LogP contribution in [0.3, 0.4) is 0 Å². The van der Waals surface area contributed by atoms with Crippen molar-refractivity contribution in [3.05, 3.63) is 124 Å². The molecule has 0 radical (unpaired) electrons. The summed E-state index contributed by atoms with van der Waals surface area (Å²) in [7, 11) is 0. The molecule has 7 nitrogen and oxygen atoms in total. The normalized spacial score (nSPS) is 17.3. The molecule has 224 valence electrons. The van der Waals surface area contributed by atoms with E-state index < -0.39 is 23.2 Å². The van der Waals surface area contributed by atoms with E-state index in [-0.39, 0.29) is 64.3 Å². The van der Waals surface area contributed by atoms with Crippen LogP contribution in [0.15, 0.2) is 90.1 Å². The molecule has 4 aromatic rings. The van der Waals surface area contributed by atoms with Gasteiger partial charge < -0.3 is 15.2 Å². The number of aromatic hydroxyl groups is 1. The molecule has 1 atom stereocenters. The average molecular weight is 596 g/mol. The van der Waals surface area contributed by atoms with Crippen molar-refractivity contribution >= 4 is 23.1 Å². The van der Waals surface area contributed by atoms with E-state index in [2.05, 4.69) is 10.3 Å². The topological polar surface area (TPSA) is 91.8 Å². The van der Waals surface area contributed by atoms with Crippen molar-refractivity contribution in [3.8, 4) is 11.5 Å². The van der Waals surface area contributed by atoms with Crippen LogP contribution in [0.4, 0.5) is 20.2 Å². The van der Waals surface area contributed by atoms with Crippen LogP contribution in [0.5, 0.6) is 11.5 Å². The number of aromatic nitrogens is 1. The lowest BCUT2D eigenvalue weighted by molar-refractivity contribution is -0.118. The summed E-state index contributed by atoms with van der Waals surface area (Å²) < 4.78 is 35.3. The van der Waals surface area contributed by atoms with Crippen molar-refractivity contribution in [1.82, 2.24) is 4.98 Å². The Hall–Kier alpha value is -5.05. The minimum absolute atomic E-state index is 0.0821. The average Bonchev–Trinajstić information content (AvgIpc) is 3.11. The lowest BCUT2D eigenvalue weighted by Gasteiger charge is -2.37. The monoisotopic (exact) mass is 595 g/mol. The van der Waals surface area contributed by atoms with Crippen molar-refractivity contribution < 1.29 is 28.2 Å². The van der Waals surface area contributed by atoms with Gasteiger partial charge in [-0.05, 0) is 72.9 Å². The first-order valence-electron chi connectivity index (χ1n) is 14.3. The van der Waals surface area contributed by atoms with E-state index in [4.69, 9.17) is 4.74 Å². The van der Waals surface area contributed by atoms with Crippen molar-refractivity contribution in [2.75, 3.05) is 10.2 Å². The molecule has 2 aliphatic rings. The number of carbonyl (C=O) groups excluding carboxylic acids is 2. The fourth-order valence-corrected chi connectivity index (χ4v) is 5.91. The molecule has 0 fully saturated rings. The number of halogens is 2. The third kappa shape index (κ3) is 5.53. The molecule has 0 saturated heterocycles. The zero-order valence-corrected chi connectivity index (χ0v) is 24.5. The Labute approximate surface area is 253 Å². The minimum Gasteiger partial charge on any atom is -0.506 e. The summed E-state index contributed by atoms with van der Waals surface area (Å²) in [6, 6.07) is 18.7. The SMILES string of the molecule is Cc1cccc(C(=O)N2c3cccc(O)c3NC3=C(C(=O)CC(C)(C)C3)C2c2ccc(OCc3ccc(F)cc3)cc2F)n1. The Morgan fingerprint density at radius 3 is 2.52 bits per heavy atom. The molecule has 1 aliphatic heterocycles. The number of hydrogen-bond donors (Lipinski definition) is 2. The van der Waals surface area contributed by atoms with Gasteiger partial charge in [0, 0.05) is 35.0 Å². The molecule has 0 saturated carbocycles. The number of phenolic OH excluding ortho intramolecular Hbond substituents is 1. The van der Waals surface area contributed by atoms with Gasteiger partial charge in [-0.1, -0.05) is 38.1 Å². The summed E-state index contributed by atoms with van der Waals surface area (Å²) in [5, 5.41) is 14.2. The number of rotatable bonds is 5. The molecule has 1 unspecified atom stereocenters. The number of phenols is 1. The first-order valence-corrected chi connectivity index (χ1v) is 14.3. The van der Waals surface area contributed by atoms with Crippen LogP contribution >= 0.6 is 0 Å². The summed E-state index contributed by atoms with van der Waals surface area (Å²) in [5.41, 5.74) is 2.38. The Kier molecular flexibility index (Phi) is 7.41. The maximum Gasteiger partial charge on any atom is 0.277 e. The van der Waals surface area contributed by atoms with E-state index in [1.54, 1.807) is 55.5 Å². The largest absolute Gasteiger partial charge is 0.506 e. The number of amides is 1. The molecule has 1 aliphatic carbocycles. The van der Waals surface area contributed by atoms with Gasteiger partial charge in [0.25, 0.3) is 5.91 Å². The van der Waals surface area contributed by atoms with Crippen molar-refractivity contribution in [2.45, 2.75) is 46.3 Å². The maximum absolute atomic E-state index is 16.3. The Balaban J connectivity index is 1.51. The molecule has 0 bridgehead atoms. The van der Waals surface area contributed by atoms with Gasteiger partial charge in [-0.15, -0.1) is 0 Å². The number of carbonyl (C=O) groups is 2. The number of para-hydroxylation sites is 1. The number of aryl methyl sites for hydroxylation is 1. The van der Waals surface area contributed by atoms with E-state index in [1.165, 1.54) is 35.2 Å². The third-order valence-corrected chi connectivity index (χ3v) is 7.92. The first kappa shape index (κ1) is 29.0. The van der Waals surface area contributed by atoms with Crippen molar-refractivity contribution in [1.29, 1.82) is 0 Å². The summed E-state index contributed by atoms with van der Waals surface area (Å²) in [5.74, 6) is -1.74. The minimum atomic E-state index is -1.18. The van der Waals surface area contributed by atoms with Crippen molar-refractivity contribution in [2.24, 2.45) is 5.41 Å². The molecule has 6 rings (SSSR count). The number of ketones is 1. The molecule has 2 N–H and O–H groups in total. The second kappa shape index (κ2) is 11.2. The van der Waals surface area contributed by atoms with E-state index in [0.29, 0.717) is 23.4 Å². The van der Waals surface area contributed by atoms with Crippen LogP contribution in [-0.2, 0) is 11.4 Å². The van der Waals surface area contributed by atoms with E-state index in [1.807, 2.05) is 13.8 Å². The number of nitrogens with one attached hydrogen (secondary N) is 1. The highest BCUT2D eigenvalue weighted by atomic mass is 19.1. The quantitative estimate of drug-likeness (QED) is 0.234. The van der Waals surface area contributed by atoms with Crippen LogP contribution in [0.2, 0.25) is 0 Å². The Morgan fingerprint density at radius 2 is 1.80 bits per heavy atom. The van der Waals surface area contributed by atoms with Crippen molar-refractivity contribution in [3.63, 3.8) is 0 Å².